The van der Waals surface area contributed by atoms with Gasteiger partial charge in [-0.1, -0.05) is 6.07 Å². The second-order valence-electron chi connectivity index (χ2n) is 7.02. The van der Waals surface area contributed by atoms with Crippen molar-refractivity contribution in [2.24, 2.45) is 0 Å². The van der Waals surface area contributed by atoms with Gasteiger partial charge in [-0.2, -0.15) is 5.06 Å². The summed E-state index contributed by atoms with van der Waals surface area (Å²) in [6.45, 7) is 4.18. The van der Waals surface area contributed by atoms with Gasteiger partial charge in [-0.05, 0) is 37.6 Å². The van der Waals surface area contributed by atoms with Gasteiger partial charge in [0.15, 0.2) is 6.79 Å². The normalized spacial score (nSPS) is 16.7. The molecule has 0 saturated carbocycles. The molecule has 0 atom stereocenters. The molecule has 0 fully saturated rings. The molecule has 2 heterocycles. The predicted octanol–water partition coefficient (Wildman–Crippen LogP) is 3.33. The van der Waals surface area contributed by atoms with E-state index in [1.807, 2.05) is 44.2 Å². The second kappa shape index (κ2) is 6.44. The lowest BCUT2D eigenvalue weighted by Gasteiger charge is -2.36. The molecule has 0 bridgehead atoms. The second-order valence-corrected chi connectivity index (χ2v) is 7.02. The van der Waals surface area contributed by atoms with Crippen molar-refractivity contribution in [2.75, 3.05) is 31.4 Å². The Bertz CT molecular complexity index is 909. The van der Waals surface area contributed by atoms with E-state index in [1.54, 1.807) is 14.2 Å². The maximum Gasteiger partial charge on any atom is 0.276 e. The summed E-state index contributed by atoms with van der Waals surface area (Å²) in [5, 5.41) is 4.71. The summed E-state index contributed by atoms with van der Waals surface area (Å²) in [5.41, 5.74) is 3.76. The molecule has 0 unspecified atom stereocenters. The van der Waals surface area contributed by atoms with E-state index in [-0.39, 0.29) is 12.7 Å². The van der Waals surface area contributed by atoms with Crippen LogP contribution in [0.5, 0.6) is 11.5 Å². The van der Waals surface area contributed by atoms with E-state index in [0.717, 1.165) is 28.1 Å². The zero-order valence-corrected chi connectivity index (χ0v) is 15.8. The molecule has 2 aliphatic heterocycles. The standard InChI is InChI=1S/C20H22N2O5/c1-20(2)19(23)22-18-15(10-27-22)13(7-8-16(18)21-20)14-6-5-12(26-11-24-3)9-17(14)25-4/h5-9,21H,10-11H2,1-4H3. The monoisotopic (exact) mass is 370 g/mol. The Morgan fingerprint density at radius 3 is 2.70 bits per heavy atom. The molecule has 0 saturated heterocycles. The molecule has 0 aromatic heterocycles. The Labute approximate surface area is 157 Å². The van der Waals surface area contributed by atoms with Crippen LogP contribution in [-0.4, -0.2) is 32.5 Å². The number of hydroxylamine groups is 1. The number of rotatable bonds is 5. The highest BCUT2D eigenvalue weighted by molar-refractivity contribution is 6.08. The number of nitrogens with one attached hydrogen (secondary N) is 1. The average Bonchev–Trinajstić information content (AvgIpc) is 3.10. The van der Waals surface area contributed by atoms with Crippen molar-refractivity contribution in [1.29, 1.82) is 0 Å². The first-order chi connectivity index (χ1) is 13.0. The third kappa shape index (κ3) is 2.79. The van der Waals surface area contributed by atoms with E-state index >= 15 is 0 Å². The molecule has 2 aromatic rings. The fraction of sp³-hybridized carbons (Fsp3) is 0.350. The summed E-state index contributed by atoms with van der Waals surface area (Å²) in [6, 6.07) is 9.61. The Morgan fingerprint density at radius 1 is 1.19 bits per heavy atom. The van der Waals surface area contributed by atoms with Crippen LogP contribution in [0.1, 0.15) is 19.4 Å². The number of methoxy groups -OCH3 is 2. The van der Waals surface area contributed by atoms with E-state index in [2.05, 4.69) is 5.32 Å². The maximum atomic E-state index is 12.7. The summed E-state index contributed by atoms with van der Waals surface area (Å²) < 4.78 is 16.0. The molecule has 4 rings (SSSR count). The Balaban J connectivity index is 1.79. The number of amides is 1. The largest absolute Gasteiger partial charge is 0.496 e. The van der Waals surface area contributed by atoms with Gasteiger partial charge in [-0.3, -0.25) is 9.63 Å². The third-order valence-corrected chi connectivity index (χ3v) is 4.80. The van der Waals surface area contributed by atoms with Crippen LogP contribution in [0.3, 0.4) is 0 Å². The molecule has 142 valence electrons. The van der Waals surface area contributed by atoms with Crippen molar-refractivity contribution in [3.8, 4) is 22.6 Å². The van der Waals surface area contributed by atoms with Crippen LogP contribution in [0, 0.1) is 0 Å². The third-order valence-electron chi connectivity index (χ3n) is 4.80. The SMILES string of the molecule is COCOc1ccc(-c2ccc3c4c2CON4C(=O)C(C)(C)N3)c(OC)c1. The number of anilines is 2. The first-order valence-corrected chi connectivity index (χ1v) is 8.68. The molecule has 2 aliphatic rings. The topological polar surface area (TPSA) is 69.3 Å². The molecule has 0 radical (unpaired) electrons. The van der Waals surface area contributed by atoms with Crippen LogP contribution in [0.4, 0.5) is 11.4 Å². The molecular formula is C20H22N2O5. The van der Waals surface area contributed by atoms with Gasteiger partial charge in [-0.25, -0.2) is 0 Å². The smallest absolute Gasteiger partial charge is 0.276 e. The van der Waals surface area contributed by atoms with Crippen LogP contribution < -0.4 is 19.9 Å². The van der Waals surface area contributed by atoms with Gasteiger partial charge >= 0.3 is 0 Å². The van der Waals surface area contributed by atoms with Crippen molar-refractivity contribution >= 4 is 17.3 Å². The lowest BCUT2D eigenvalue weighted by molar-refractivity contribution is -0.129. The van der Waals surface area contributed by atoms with Gasteiger partial charge < -0.3 is 19.5 Å². The summed E-state index contributed by atoms with van der Waals surface area (Å²) >= 11 is 0. The predicted molar refractivity (Wildman–Crippen MR) is 101 cm³/mol. The number of hydrogen-bond acceptors (Lipinski definition) is 6. The minimum atomic E-state index is -0.714. The number of benzene rings is 2. The van der Waals surface area contributed by atoms with Crippen LogP contribution in [-0.2, 0) is 21.0 Å². The van der Waals surface area contributed by atoms with E-state index in [9.17, 15) is 4.79 Å². The van der Waals surface area contributed by atoms with E-state index < -0.39 is 5.54 Å². The number of carbonyl (C=O) groups is 1. The quantitative estimate of drug-likeness (QED) is 0.815. The number of ether oxygens (including phenoxy) is 3. The maximum absolute atomic E-state index is 12.7. The summed E-state index contributed by atoms with van der Waals surface area (Å²) in [6.07, 6.45) is 0. The molecule has 2 aromatic carbocycles. The van der Waals surface area contributed by atoms with Crippen LogP contribution in [0.25, 0.3) is 11.1 Å². The first-order valence-electron chi connectivity index (χ1n) is 8.68. The van der Waals surface area contributed by atoms with Crippen LogP contribution in [0.2, 0.25) is 0 Å². The number of nitrogens with zero attached hydrogens (tertiary/aromatic N) is 1. The molecular weight excluding hydrogens is 348 g/mol. The van der Waals surface area contributed by atoms with Crippen molar-refractivity contribution < 1.29 is 23.8 Å². The van der Waals surface area contributed by atoms with Gasteiger partial charge in [0, 0.05) is 24.3 Å². The van der Waals surface area contributed by atoms with E-state index in [1.165, 1.54) is 5.06 Å². The zero-order valence-electron chi connectivity index (χ0n) is 15.8. The number of carbonyl (C=O) groups excluding carboxylic acids is 1. The highest BCUT2D eigenvalue weighted by atomic mass is 16.7. The van der Waals surface area contributed by atoms with Crippen molar-refractivity contribution in [3.05, 3.63) is 35.9 Å². The van der Waals surface area contributed by atoms with Gasteiger partial charge in [0.05, 0.1) is 12.8 Å². The van der Waals surface area contributed by atoms with Crippen molar-refractivity contribution in [3.63, 3.8) is 0 Å². The van der Waals surface area contributed by atoms with E-state index in [4.69, 9.17) is 19.0 Å². The molecule has 7 heteroatoms. The molecule has 7 nitrogen and oxygen atoms in total. The van der Waals surface area contributed by atoms with Gasteiger partial charge in [0.1, 0.15) is 29.3 Å². The molecule has 1 amide bonds. The van der Waals surface area contributed by atoms with E-state index in [0.29, 0.717) is 18.1 Å². The van der Waals surface area contributed by atoms with Crippen molar-refractivity contribution in [1.82, 2.24) is 0 Å². The van der Waals surface area contributed by atoms with Crippen LogP contribution >= 0.6 is 0 Å². The highest BCUT2D eigenvalue weighted by Crippen LogP contribution is 2.48. The van der Waals surface area contributed by atoms with Gasteiger partial charge in [0.2, 0.25) is 0 Å². The minimum Gasteiger partial charge on any atom is -0.496 e. The summed E-state index contributed by atoms with van der Waals surface area (Å²) in [5.74, 6) is 1.22. The summed E-state index contributed by atoms with van der Waals surface area (Å²) in [7, 11) is 3.19. The lowest BCUT2D eigenvalue weighted by Crippen LogP contribution is -2.52. The Morgan fingerprint density at radius 2 is 1.96 bits per heavy atom. The fourth-order valence-corrected chi connectivity index (χ4v) is 3.48. The van der Waals surface area contributed by atoms with Crippen molar-refractivity contribution in [2.45, 2.75) is 26.0 Å². The molecule has 1 N–H and O–H groups in total. The van der Waals surface area contributed by atoms with Gasteiger partial charge in [0.25, 0.3) is 5.91 Å². The Kier molecular flexibility index (Phi) is 4.20. The summed E-state index contributed by atoms with van der Waals surface area (Å²) in [4.78, 5) is 18.4. The highest BCUT2D eigenvalue weighted by Gasteiger charge is 2.44. The lowest BCUT2D eigenvalue weighted by atomic mass is 9.93. The average molecular weight is 370 g/mol. The van der Waals surface area contributed by atoms with Crippen LogP contribution in [0.15, 0.2) is 30.3 Å². The zero-order chi connectivity index (χ0) is 19.2. The first kappa shape index (κ1) is 17.6. The Hall–Kier alpha value is -2.77. The number of hydrogen-bond donors (Lipinski definition) is 1. The molecule has 0 aliphatic carbocycles. The van der Waals surface area contributed by atoms with Gasteiger partial charge in [-0.15, -0.1) is 0 Å². The minimum absolute atomic E-state index is 0.110. The fourth-order valence-electron chi connectivity index (χ4n) is 3.48. The molecule has 27 heavy (non-hydrogen) atoms. The molecule has 0 spiro atoms.